The summed E-state index contributed by atoms with van der Waals surface area (Å²) in [5.41, 5.74) is 0.755. The van der Waals surface area contributed by atoms with E-state index in [1.165, 1.54) is 13.0 Å². The SMILES string of the molecule is CCCCCN(CCNS(=O)(=O)c1ccc(OC)c(C)c1)C(C)=O. The van der Waals surface area contributed by atoms with Crippen molar-refractivity contribution < 1.29 is 17.9 Å². The fourth-order valence-electron chi connectivity index (χ4n) is 2.40. The number of nitrogens with zero attached hydrogens (tertiary/aromatic N) is 1. The fourth-order valence-corrected chi connectivity index (χ4v) is 3.50. The Kier molecular flexibility index (Phi) is 8.21. The van der Waals surface area contributed by atoms with Gasteiger partial charge in [0, 0.05) is 26.6 Å². The van der Waals surface area contributed by atoms with E-state index in [0.29, 0.717) is 18.8 Å². The van der Waals surface area contributed by atoms with E-state index in [-0.39, 0.29) is 17.3 Å². The molecular formula is C17H28N2O4S. The molecule has 0 atom stereocenters. The van der Waals surface area contributed by atoms with E-state index in [1.54, 1.807) is 31.1 Å². The molecule has 0 aliphatic heterocycles. The Morgan fingerprint density at radius 3 is 2.50 bits per heavy atom. The summed E-state index contributed by atoms with van der Waals surface area (Å²) in [6.45, 7) is 6.62. The van der Waals surface area contributed by atoms with Gasteiger partial charge in [0.1, 0.15) is 5.75 Å². The van der Waals surface area contributed by atoms with Crippen molar-refractivity contribution in [3.05, 3.63) is 23.8 Å². The van der Waals surface area contributed by atoms with Crippen LogP contribution in [0, 0.1) is 6.92 Å². The average Bonchev–Trinajstić information content (AvgIpc) is 2.53. The molecule has 1 N–H and O–H groups in total. The van der Waals surface area contributed by atoms with Crippen LogP contribution in [0.5, 0.6) is 5.75 Å². The Hall–Kier alpha value is -1.60. The highest BCUT2D eigenvalue weighted by molar-refractivity contribution is 7.89. The summed E-state index contributed by atoms with van der Waals surface area (Å²) < 4.78 is 32.4. The molecule has 0 aliphatic carbocycles. The molecule has 0 bridgehead atoms. The Labute approximate surface area is 145 Å². The van der Waals surface area contributed by atoms with Gasteiger partial charge in [0.2, 0.25) is 15.9 Å². The number of nitrogens with one attached hydrogen (secondary N) is 1. The van der Waals surface area contributed by atoms with Crippen LogP contribution in [0.25, 0.3) is 0 Å². The van der Waals surface area contributed by atoms with Crippen LogP contribution in [0.1, 0.15) is 38.7 Å². The summed E-state index contributed by atoms with van der Waals surface area (Å²) in [5.74, 6) is 0.609. The molecule has 0 spiro atoms. The van der Waals surface area contributed by atoms with Crippen LogP contribution >= 0.6 is 0 Å². The van der Waals surface area contributed by atoms with E-state index < -0.39 is 10.0 Å². The van der Waals surface area contributed by atoms with Gasteiger partial charge < -0.3 is 9.64 Å². The zero-order chi connectivity index (χ0) is 18.2. The van der Waals surface area contributed by atoms with E-state index in [4.69, 9.17) is 4.74 Å². The number of rotatable bonds is 10. The highest BCUT2D eigenvalue weighted by atomic mass is 32.2. The minimum atomic E-state index is -3.60. The second-order valence-electron chi connectivity index (χ2n) is 5.74. The highest BCUT2D eigenvalue weighted by Crippen LogP contribution is 2.21. The number of ether oxygens (including phenoxy) is 1. The molecule has 0 aliphatic rings. The van der Waals surface area contributed by atoms with Crippen molar-refractivity contribution in [1.29, 1.82) is 0 Å². The third-order valence-corrected chi connectivity index (χ3v) is 5.29. The molecule has 24 heavy (non-hydrogen) atoms. The van der Waals surface area contributed by atoms with E-state index in [1.807, 2.05) is 0 Å². The number of sulfonamides is 1. The maximum atomic E-state index is 12.3. The van der Waals surface area contributed by atoms with Crippen molar-refractivity contribution >= 4 is 15.9 Å². The molecule has 6 nitrogen and oxygen atoms in total. The second kappa shape index (κ2) is 9.64. The lowest BCUT2D eigenvalue weighted by molar-refractivity contribution is -0.128. The quantitative estimate of drug-likeness (QED) is 0.653. The van der Waals surface area contributed by atoms with Crippen LogP contribution < -0.4 is 9.46 Å². The minimum absolute atomic E-state index is 0.0365. The molecule has 136 valence electrons. The third-order valence-electron chi connectivity index (χ3n) is 3.83. The van der Waals surface area contributed by atoms with Crippen LogP contribution in [-0.4, -0.2) is 46.0 Å². The lowest BCUT2D eigenvalue weighted by Gasteiger charge is -2.21. The van der Waals surface area contributed by atoms with Crippen LogP contribution in [0.4, 0.5) is 0 Å². The van der Waals surface area contributed by atoms with Crippen LogP contribution in [0.15, 0.2) is 23.1 Å². The van der Waals surface area contributed by atoms with Crippen molar-refractivity contribution in [1.82, 2.24) is 9.62 Å². The second-order valence-corrected chi connectivity index (χ2v) is 7.51. The topological polar surface area (TPSA) is 75.7 Å². The number of hydrogen-bond acceptors (Lipinski definition) is 4. The van der Waals surface area contributed by atoms with Gasteiger partial charge in [-0.3, -0.25) is 4.79 Å². The van der Waals surface area contributed by atoms with Crippen LogP contribution in [0.2, 0.25) is 0 Å². The summed E-state index contributed by atoms with van der Waals surface area (Å²) >= 11 is 0. The molecule has 1 aromatic rings. The van der Waals surface area contributed by atoms with Crippen molar-refractivity contribution in [2.75, 3.05) is 26.7 Å². The first-order valence-electron chi connectivity index (χ1n) is 8.21. The number of carbonyl (C=O) groups is 1. The molecule has 0 heterocycles. The standard InChI is InChI=1S/C17H28N2O4S/c1-5-6-7-11-19(15(3)20)12-10-18-24(21,22)16-8-9-17(23-4)14(2)13-16/h8-9,13,18H,5-7,10-12H2,1-4H3. The van der Waals surface area contributed by atoms with E-state index in [9.17, 15) is 13.2 Å². The van der Waals surface area contributed by atoms with Gasteiger partial charge in [-0.15, -0.1) is 0 Å². The highest BCUT2D eigenvalue weighted by Gasteiger charge is 2.16. The first kappa shape index (κ1) is 20.4. The van der Waals surface area contributed by atoms with Gasteiger partial charge >= 0.3 is 0 Å². The predicted molar refractivity (Wildman–Crippen MR) is 94.7 cm³/mol. The summed E-state index contributed by atoms with van der Waals surface area (Å²) in [7, 11) is -2.05. The number of aryl methyl sites for hydroxylation is 1. The Morgan fingerprint density at radius 2 is 1.96 bits per heavy atom. The Morgan fingerprint density at radius 1 is 1.25 bits per heavy atom. The summed E-state index contributed by atoms with van der Waals surface area (Å²) in [6, 6.07) is 4.72. The van der Waals surface area contributed by atoms with Gasteiger partial charge in [0.25, 0.3) is 0 Å². The maximum absolute atomic E-state index is 12.3. The molecule has 0 unspecified atom stereocenters. The molecule has 0 saturated heterocycles. The molecule has 7 heteroatoms. The minimum Gasteiger partial charge on any atom is -0.496 e. The van der Waals surface area contributed by atoms with Gasteiger partial charge in [-0.05, 0) is 37.1 Å². The maximum Gasteiger partial charge on any atom is 0.240 e. The Balaban J connectivity index is 2.64. The first-order valence-corrected chi connectivity index (χ1v) is 9.70. The van der Waals surface area contributed by atoms with Gasteiger partial charge in [-0.2, -0.15) is 0 Å². The number of carbonyl (C=O) groups excluding carboxylic acids is 1. The molecule has 0 saturated carbocycles. The van der Waals surface area contributed by atoms with E-state index in [2.05, 4.69) is 11.6 Å². The molecule has 1 aromatic carbocycles. The summed E-state index contributed by atoms with van der Waals surface area (Å²) in [6.07, 6.45) is 3.07. The zero-order valence-corrected chi connectivity index (χ0v) is 15.8. The van der Waals surface area contributed by atoms with E-state index in [0.717, 1.165) is 24.8 Å². The number of amides is 1. The lowest BCUT2D eigenvalue weighted by Crippen LogP contribution is -2.38. The smallest absolute Gasteiger partial charge is 0.240 e. The number of hydrogen-bond donors (Lipinski definition) is 1. The van der Waals surface area contributed by atoms with E-state index >= 15 is 0 Å². The predicted octanol–water partition coefficient (Wildman–Crippen LogP) is 2.32. The molecule has 1 amide bonds. The van der Waals surface area contributed by atoms with Gasteiger partial charge in [0.15, 0.2) is 0 Å². The number of benzene rings is 1. The molecule has 1 rings (SSSR count). The number of methoxy groups -OCH3 is 1. The summed E-state index contributed by atoms with van der Waals surface area (Å²) in [5, 5.41) is 0. The van der Waals surface area contributed by atoms with Crippen LogP contribution in [-0.2, 0) is 14.8 Å². The normalized spacial score (nSPS) is 11.3. The van der Waals surface area contributed by atoms with Crippen molar-refractivity contribution in [2.45, 2.75) is 44.9 Å². The zero-order valence-electron chi connectivity index (χ0n) is 15.0. The monoisotopic (exact) mass is 356 g/mol. The average molecular weight is 356 g/mol. The third kappa shape index (κ3) is 6.13. The number of unbranched alkanes of at least 4 members (excludes halogenated alkanes) is 2. The van der Waals surface area contributed by atoms with Gasteiger partial charge in [-0.25, -0.2) is 13.1 Å². The summed E-state index contributed by atoms with van der Waals surface area (Å²) in [4.78, 5) is 13.5. The molecular weight excluding hydrogens is 328 g/mol. The van der Waals surface area contributed by atoms with Gasteiger partial charge in [-0.1, -0.05) is 19.8 Å². The Bertz CT molecular complexity index is 644. The van der Waals surface area contributed by atoms with Crippen LogP contribution in [0.3, 0.4) is 0 Å². The van der Waals surface area contributed by atoms with Crippen molar-refractivity contribution in [3.63, 3.8) is 0 Å². The largest absolute Gasteiger partial charge is 0.496 e. The van der Waals surface area contributed by atoms with Crippen molar-refractivity contribution in [2.24, 2.45) is 0 Å². The fraction of sp³-hybridized carbons (Fsp3) is 0.588. The first-order chi connectivity index (χ1) is 11.3. The molecule has 0 aromatic heterocycles. The molecule has 0 fully saturated rings. The van der Waals surface area contributed by atoms with Crippen molar-refractivity contribution in [3.8, 4) is 5.75 Å². The van der Waals surface area contributed by atoms with Gasteiger partial charge in [0.05, 0.1) is 12.0 Å². The molecule has 0 radical (unpaired) electrons. The lowest BCUT2D eigenvalue weighted by atomic mass is 10.2.